The Kier molecular flexibility index (Phi) is 5.22. The van der Waals surface area contributed by atoms with Crippen molar-refractivity contribution in [1.82, 2.24) is 0 Å². The normalized spacial score (nSPS) is 10.4. The number of benzene rings is 2. The minimum absolute atomic E-state index is 0.192. The summed E-state index contributed by atoms with van der Waals surface area (Å²) in [5, 5.41) is 8.95. The molecule has 0 unspecified atom stereocenters. The third kappa shape index (κ3) is 4.23. The smallest absolute Gasteiger partial charge is 0.335 e. The molecule has 0 bridgehead atoms. The molecule has 0 aliphatic carbocycles. The van der Waals surface area contributed by atoms with Gasteiger partial charge in [-0.1, -0.05) is 18.2 Å². The van der Waals surface area contributed by atoms with E-state index in [-0.39, 0.29) is 11.4 Å². The average Bonchev–Trinajstić information content (AvgIpc) is 2.46. The van der Waals surface area contributed by atoms with E-state index >= 15 is 0 Å². The zero-order valence-corrected chi connectivity index (χ0v) is 12.3. The molecule has 21 heavy (non-hydrogen) atoms. The van der Waals surface area contributed by atoms with E-state index in [1.807, 2.05) is 6.92 Å². The molecule has 0 saturated carbocycles. The SMILES string of the molecule is Cc1ccc(C(=O)O)cc1OCCSc1ccccc1F. The number of hydrogen-bond donors (Lipinski definition) is 1. The van der Waals surface area contributed by atoms with E-state index < -0.39 is 5.97 Å². The minimum Gasteiger partial charge on any atom is -0.492 e. The Balaban J connectivity index is 1.90. The number of carboxylic acid groups (broad SMARTS) is 1. The topological polar surface area (TPSA) is 46.5 Å². The first kappa shape index (κ1) is 15.4. The van der Waals surface area contributed by atoms with Crippen LogP contribution in [0.3, 0.4) is 0 Å². The molecule has 2 aromatic rings. The molecule has 0 aliphatic heterocycles. The van der Waals surface area contributed by atoms with Gasteiger partial charge in [-0.15, -0.1) is 11.8 Å². The van der Waals surface area contributed by atoms with E-state index in [1.165, 1.54) is 23.9 Å². The molecule has 5 heteroatoms. The molecule has 0 heterocycles. The lowest BCUT2D eigenvalue weighted by Gasteiger charge is -2.10. The van der Waals surface area contributed by atoms with E-state index in [0.717, 1.165) is 5.56 Å². The molecular weight excluding hydrogens is 291 g/mol. The first-order valence-electron chi connectivity index (χ1n) is 6.42. The number of ether oxygens (including phenoxy) is 1. The van der Waals surface area contributed by atoms with Crippen molar-refractivity contribution in [3.63, 3.8) is 0 Å². The standard InChI is InChI=1S/C16H15FO3S/c1-11-6-7-12(16(18)19)10-14(11)20-8-9-21-15-5-3-2-4-13(15)17/h2-7,10H,8-9H2,1H3,(H,18,19). The van der Waals surface area contributed by atoms with Crippen LogP contribution in [0, 0.1) is 12.7 Å². The van der Waals surface area contributed by atoms with Gasteiger partial charge >= 0.3 is 5.97 Å². The van der Waals surface area contributed by atoms with Crippen LogP contribution in [0.2, 0.25) is 0 Å². The van der Waals surface area contributed by atoms with Gasteiger partial charge in [-0.2, -0.15) is 0 Å². The fraction of sp³-hybridized carbons (Fsp3) is 0.188. The molecule has 0 aliphatic rings. The van der Waals surface area contributed by atoms with Crippen LogP contribution < -0.4 is 4.74 Å². The lowest BCUT2D eigenvalue weighted by atomic mass is 10.1. The Hall–Kier alpha value is -2.01. The van der Waals surface area contributed by atoms with Crippen LogP contribution in [-0.4, -0.2) is 23.4 Å². The van der Waals surface area contributed by atoms with Gasteiger partial charge in [0.1, 0.15) is 11.6 Å². The summed E-state index contributed by atoms with van der Waals surface area (Å²) in [5.74, 6) is -0.103. The third-order valence-corrected chi connectivity index (χ3v) is 3.88. The van der Waals surface area contributed by atoms with Crippen LogP contribution in [0.15, 0.2) is 47.4 Å². The predicted molar refractivity (Wildman–Crippen MR) is 80.8 cm³/mol. The van der Waals surface area contributed by atoms with Crippen LogP contribution in [0.4, 0.5) is 4.39 Å². The van der Waals surface area contributed by atoms with Crippen molar-refractivity contribution in [1.29, 1.82) is 0 Å². The van der Waals surface area contributed by atoms with Crippen molar-refractivity contribution in [3.05, 3.63) is 59.4 Å². The largest absolute Gasteiger partial charge is 0.492 e. The van der Waals surface area contributed by atoms with Gasteiger partial charge in [-0.3, -0.25) is 0 Å². The number of halogens is 1. The van der Waals surface area contributed by atoms with Crippen LogP contribution in [0.1, 0.15) is 15.9 Å². The number of thioether (sulfide) groups is 1. The maximum absolute atomic E-state index is 13.4. The lowest BCUT2D eigenvalue weighted by molar-refractivity contribution is 0.0696. The van der Waals surface area contributed by atoms with Gasteiger partial charge in [-0.25, -0.2) is 9.18 Å². The summed E-state index contributed by atoms with van der Waals surface area (Å²) in [6.07, 6.45) is 0. The molecule has 0 spiro atoms. The predicted octanol–water partition coefficient (Wildman–Crippen LogP) is 4.00. The zero-order valence-electron chi connectivity index (χ0n) is 11.5. The van der Waals surface area contributed by atoms with Crippen molar-refractivity contribution < 1.29 is 19.0 Å². The molecule has 0 aromatic heterocycles. The second kappa shape index (κ2) is 7.13. The molecular formula is C16H15FO3S. The number of hydrogen-bond acceptors (Lipinski definition) is 3. The second-order valence-electron chi connectivity index (χ2n) is 4.41. The molecule has 0 saturated heterocycles. The molecule has 0 fully saturated rings. The van der Waals surface area contributed by atoms with Gasteiger partial charge in [0.15, 0.2) is 0 Å². The highest BCUT2D eigenvalue weighted by atomic mass is 32.2. The fourth-order valence-corrected chi connectivity index (χ4v) is 2.52. The van der Waals surface area contributed by atoms with Crippen molar-refractivity contribution in [2.45, 2.75) is 11.8 Å². The number of carboxylic acids is 1. The highest BCUT2D eigenvalue weighted by molar-refractivity contribution is 7.99. The van der Waals surface area contributed by atoms with Gasteiger partial charge in [0, 0.05) is 10.6 Å². The van der Waals surface area contributed by atoms with Crippen molar-refractivity contribution in [2.24, 2.45) is 0 Å². The van der Waals surface area contributed by atoms with Gasteiger partial charge in [0.2, 0.25) is 0 Å². The van der Waals surface area contributed by atoms with Gasteiger partial charge < -0.3 is 9.84 Å². The van der Waals surface area contributed by atoms with Crippen molar-refractivity contribution in [3.8, 4) is 5.75 Å². The van der Waals surface area contributed by atoms with Crippen LogP contribution in [0.25, 0.3) is 0 Å². The summed E-state index contributed by atoms with van der Waals surface area (Å²) < 4.78 is 19.0. The number of aromatic carboxylic acids is 1. The van der Waals surface area contributed by atoms with Crippen LogP contribution >= 0.6 is 11.8 Å². The highest BCUT2D eigenvalue weighted by Crippen LogP contribution is 2.23. The molecule has 2 aromatic carbocycles. The Labute approximate surface area is 126 Å². The van der Waals surface area contributed by atoms with Crippen LogP contribution in [0.5, 0.6) is 5.75 Å². The maximum atomic E-state index is 13.4. The van der Waals surface area contributed by atoms with E-state index in [9.17, 15) is 9.18 Å². The van der Waals surface area contributed by atoms with E-state index in [0.29, 0.717) is 23.0 Å². The summed E-state index contributed by atoms with van der Waals surface area (Å²) in [7, 11) is 0. The number of carbonyl (C=O) groups is 1. The van der Waals surface area contributed by atoms with Gasteiger partial charge in [0.25, 0.3) is 0 Å². The Bertz CT molecular complexity index is 643. The minimum atomic E-state index is -0.986. The number of rotatable bonds is 6. The Morgan fingerprint density at radius 3 is 2.76 bits per heavy atom. The fourth-order valence-electron chi connectivity index (χ4n) is 1.75. The zero-order chi connectivity index (χ0) is 15.2. The first-order valence-corrected chi connectivity index (χ1v) is 7.40. The summed E-state index contributed by atoms with van der Waals surface area (Å²) in [4.78, 5) is 11.5. The summed E-state index contributed by atoms with van der Waals surface area (Å²) in [6.45, 7) is 2.23. The van der Waals surface area contributed by atoms with Crippen molar-refractivity contribution in [2.75, 3.05) is 12.4 Å². The quantitative estimate of drug-likeness (QED) is 0.647. The molecule has 0 amide bonds. The Morgan fingerprint density at radius 1 is 1.29 bits per heavy atom. The molecule has 3 nitrogen and oxygen atoms in total. The molecule has 1 N–H and O–H groups in total. The molecule has 0 radical (unpaired) electrons. The average molecular weight is 306 g/mol. The summed E-state index contributed by atoms with van der Waals surface area (Å²) in [6, 6.07) is 11.3. The third-order valence-electron chi connectivity index (χ3n) is 2.87. The Morgan fingerprint density at radius 2 is 2.05 bits per heavy atom. The number of aryl methyl sites for hydroxylation is 1. The monoisotopic (exact) mass is 306 g/mol. The van der Waals surface area contributed by atoms with E-state index in [4.69, 9.17) is 9.84 Å². The first-order chi connectivity index (χ1) is 10.1. The van der Waals surface area contributed by atoms with Gasteiger partial charge in [0.05, 0.1) is 12.2 Å². The molecule has 110 valence electrons. The highest BCUT2D eigenvalue weighted by Gasteiger charge is 2.07. The second-order valence-corrected chi connectivity index (χ2v) is 5.55. The van der Waals surface area contributed by atoms with Crippen molar-refractivity contribution >= 4 is 17.7 Å². The molecule has 2 rings (SSSR count). The lowest BCUT2D eigenvalue weighted by Crippen LogP contribution is -2.04. The van der Waals surface area contributed by atoms with E-state index in [2.05, 4.69) is 0 Å². The van der Waals surface area contributed by atoms with Crippen LogP contribution in [-0.2, 0) is 0 Å². The summed E-state index contributed by atoms with van der Waals surface area (Å²) in [5.41, 5.74) is 1.06. The van der Waals surface area contributed by atoms with Gasteiger partial charge in [-0.05, 0) is 36.8 Å². The van der Waals surface area contributed by atoms with E-state index in [1.54, 1.807) is 30.3 Å². The maximum Gasteiger partial charge on any atom is 0.335 e. The molecule has 0 atom stereocenters. The summed E-state index contributed by atoms with van der Waals surface area (Å²) >= 11 is 1.37.